The minimum absolute atomic E-state index is 0.131. The van der Waals surface area contributed by atoms with Crippen LogP contribution in [0.3, 0.4) is 0 Å². The number of hydrogen-bond acceptors (Lipinski definition) is 4. The van der Waals surface area contributed by atoms with Gasteiger partial charge in [0.1, 0.15) is 5.75 Å². The van der Waals surface area contributed by atoms with Crippen molar-refractivity contribution in [1.29, 1.82) is 0 Å². The van der Waals surface area contributed by atoms with Gasteiger partial charge in [-0.05, 0) is 44.5 Å². The van der Waals surface area contributed by atoms with Gasteiger partial charge < -0.3 is 20.7 Å². The van der Waals surface area contributed by atoms with E-state index in [1.165, 1.54) is 5.69 Å². The highest BCUT2D eigenvalue weighted by molar-refractivity contribution is 5.94. The van der Waals surface area contributed by atoms with Gasteiger partial charge in [0, 0.05) is 44.5 Å². The molecular formula is C20H30N6O2. The normalized spacial score (nSPS) is 11.2. The molecule has 2 rings (SSSR count). The molecule has 1 amide bonds. The van der Waals surface area contributed by atoms with Crippen LogP contribution in [-0.4, -0.2) is 55.4 Å². The van der Waals surface area contributed by atoms with Crippen molar-refractivity contribution in [3.8, 4) is 5.75 Å². The molecule has 0 aliphatic heterocycles. The van der Waals surface area contributed by atoms with Crippen LogP contribution in [0, 0.1) is 13.8 Å². The Morgan fingerprint density at radius 3 is 2.57 bits per heavy atom. The van der Waals surface area contributed by atoms with Gasteiger partial charge in [0.05, 0.1) is 12.8 Å². The molecule has 2 aromatic rings. The molecule has 0 fully saturated rings. The van der Waals surface area contributed by atoms with Gasteiger partial charge in [0.25, 0.3) is 5.91 Å². The fraction of sp³-hybridized carbons (Fsp3) is 0.450. The number of methoxy groups -OCH3 is 1. The molecule has 1 heterocycles. The Balaban J connectivity index is 1.64. The highest BCUT2D eigenvalue weighted by Crippen LogP contribution is 2.12. The zero-order chi connectivity index (χ0) is 20.4. The number of amides is 1. The number of carbonyl (C=O) groups is 1. The van der Waals surface area contributed by atoms with Crippen LogP contribution in [-0.2, 0) is 6.54 Å². The molecule has 0 radical (unpaired) electrons. The molecule has 3 N–H and O–H groups in total. The molecule has 0 saturated carbocycles. The van der Waals surface area contributed by atoms with Crippen LogP contribution >= 0.6 is 0 Å². The average molecular weight is 387 g/mol. The highest BCUT2D eigenvalue weighted by atomic mass is 16.5. The fourth-order valence-electron chi connectivity index (χ4n) is 2.78. The van der Waals surface area contributed by atoms with E-state index < -0.39 is 0 Å². The monoisotopic (exact) mass is 386 g/mol. The summed E-state index contributed by atoms with van der Waals surface area (Å²) < 4.78 is 7.15. The van der Waals surface area contributed by atoms with E-state index in [1.807, 2.05) is 17.7 Å². The second-order valence-corrected chi connectivity index (χ2v) is 6.42. The van der Waals surface area contributed by atoms with E-state index in [2.05, 4.69) is 39.0 Å². The van der Waals surface area contributed by atoms with Crippen LogP contribution in [0.1, 0.15) is 28.2 Å². The van der Waals surface area contributed by atoms with Crippen molar-refractivity contribution < 1.29 is 9.53 Å². The maximum atomic E-state index is 12.2. The molecule has 8 heteroatoms. The summed E-state index contributed by atoms with van der Waals surface area (Å²) in [4.78, 5) is 16.3. The zero-order valence-electron chi connectivity index (χ0n) is 17.1. The van der Waals surface area contributed by atoms with Gasteiger partial charge in [-0.15, -0.1) is 0 Å². The number of rotatable bonds is 9. The van der Waals surface area contributed by atoms with Gasteiger partial charge in [-0.25, -0.2) is 0 Å². The number of aryl methyl sites for hydroxylation is 3. The Morgan fingerprint density at radius 2 is 1.89 bits per heavy atom. The SMILES string of the molecule is CN=C(NCCCn1nc(C)cc1C)NCCNC(=O)c1cccc(OC)c1. The van der Waals surface area contributed by atoms with Crippen LogP contribution in [0.25, 0.3) is 0 Å². The molecule has 0 aliphatic rings. The Morgan fingerprint density at radius 1 is 1.14 bits per heavy atom. The lowest BCUT2D eigenvalue weighted by Gasteiger charge is -2.13. The Hall–Kier alpha value is -3.03. The van der Waals surface area contributed by atoms with Crippen molar-refractivity contribution in [1.82, 2.24) is 25.7 Å². The number of aliphatic imine (C=N–C) groups is 1. The van der Waals surface area contributed by atoms with E-state index in [0.717, 1.165) is 25.2 Å². The van der Waals surface area contributed by atoms with Crippen LogP contribution in [0.5, 0.6) is 5.75 Å². The maximum Gasteiger partial charge on any atom is 0.251 e. The van der Waals surface area contributed by atoms with Crippen molar-refractivity contribution in [3.63, 3.8) is 0 Å². The fourth-order valence-corrected chi connectivity index (χ4v) is 2.78. The van der Waals surface area contributed by atoms with Gasteiger partial charge in [0.15, 0.2) is 5.96 Å². The van der Waals surface area contributed by atoms with E-state index in [-0.39, 0.29) is 5.91 Å². The second-order valence-electron chi connectivity index (χ2n) is 6.42. The summed E-state index contributed by atoms with van der Waals surface area (Å²) >= 11 is 0. The number of nitrogens with one attached hydrogen (secondary N) is 3. The largest absolute Gasteiger partial charge is 0.497 e. The first-order valence-corrected chi connectivity index (χ1v) is 9.41. The third-order valence-corrected chi connectivity index (χ3v) is 4.20. The zero-order valence-corrected chi connectivity index (χ0v) is 17.1. The third-order valence-electron chi connectivity index (χ3n) is 4.20. The molecule has 0 bridgehead atoms. The molecule has 1 aromatic carbocycles. The summed E-state index contributed by atoms with van der Waals surface area (Å²) in [5.74, 6) is 1.24. The Labute approximate surface area is 166 Å². The van der Waals surface area contributed by atoms with Gasteiger partial charge in [0.2, 0.25) is 0 Å². The molecule has 8 nitrogen and oxygen atoms in total. The quantitative estimate of drug-likeness (QED) is 0.345. The Bertz CT molecular complexity index is 800. The number of benzene rings is 1. The van der Waals surface area contributed by atoms with Gasteiger partial charge >= 0.3 is 0 Å². The van der Waals surface area contributed by atoms with Crippen LogP contribution in [0.15, 0.2) is 35.3 Å². The maximum absolute atomic E-state index is 12.2. The number of guanidine groups is 1. The van der Waals surface area contributed by atoms with Crippen LogP contribution in [0.2, 0.25) is 0 Å². The molecule has 1 aromatic heterocycles. The standard InChI is InChI=1S/C20H30N6O2/c1-15-13-16(2)26(25-15)12-6-9-23-20(21-3)24-11-10-22-19(27)17-7-5-8-18(14-17)28-4/h5,7-8,13-14H,6,9-12H2,1-4H3,(H,22,27)(H2,21,23,24). The molecule has 0 saturated heterocycles. The predicted octanol–water partition coefficient (Wildman–Crippen LogP) is 1.49. The first kappa shape index (κ1) is 21.3. The molecule has 0 spiro atoms. The molecule has 152 valence electrons. The summed E-state index contributed by atoms with van der Waals surface area (Å²) in [6.07, 6.45) is 0.940. The van der Waals surface area contributed by atoms with Crippen molar-refractivity contribution in [2.75, 3.05) is 33.8 Å². The lowest BCUT2D eigenvalue weighted by Crippen LogP contribution is -2.42. The molecule has 28 heavy (non-hydrogen) atoms. The number of hydrogen-bond donors (Lipinski definition) is 3. The summed E-state index contributed by atoms with van der Waals surface area (Å²) in [6.45, 7) is 6.78. The predicted molar refractivity (Wildman–Crippen MR) is 111 cm³/mol. The lowest BCUT2D eigenvalue weighted by atomic mass is 10.2. The molecule has 0 aliphatic carbocycles. The molecule has 0 atom stereocenters. The number of ether oxygens (including phenoxy) is 1. The summed E-state index contributed by atoms with van der Waals surface area (Å²) in [6, 6.07) is 9.15. The van der Waals surface area contributed by atoms with Gasteiger partial charge in [-0.2, -0.15) is 5.10 Å². The average Bonchev–Trinajstić information content (AvgIpc) is 3.03. The van der Waals surface area contributed by atoms with Gasteiger partial charge in [-0.3, -0.25) is 14.5 Å². The second kappa shape index (κ2) is 11.0. The minimum atomic E-state index is -0.131. The number of nitrogens with zero attached hydrogens (tertiary/aromatic N) is 3. The first-order chi connectivity index (χ1) is 13.5. The minimum Gasteiger partial charge on any atom is -0.497 e. The topological polar surface area (TPSA) is 92.6 Å². The van der Waals surface area contributed by atoms with Gasteiger partial charge in [-0.1, -0.05) is 6.07 Å². The number of carbonyl (C=O) groups excluding carboxylic acids is 1. The Kier molecular flexibility index (Phi) is 8.33. The van der Waals surface area contributed by atoms with Crippen molar-refractivity contribution in [2.45, 2.75) is 26.8 Å². The highest BCUT2D eigenvalue weighted by Gasteiger charge is 2.06. The van der Waals surface area contributed by atoms with Crippen molar-refractivity contribution >= 4 is 11.9 Å². The van der Waals surface area contributed by atoms with E-state index in [4.69, 9.17) is 4.74 Å². The first-order valence-electron chi connectivity index (χ1n) is 9.41. The van der Waals surface area contributed by atoms with E-state index >= 15 is 0 Å². The van der Waals surface area contributed by atoms with E-state index in [0.29, 0.717) is 30.4 Å². The molecular weight excluding hydrogens is 356 g/mol. The summed E-state index contributed by atoms with van der Waals surface area (Å²) in [5, 5.41) is 13.8. The van der Waals surface area contributed by atoms with E-state index in [9.17, 15) is 4.79 Å². The van der Waals surface area contributed by atoms with Crippen molar-refractivity contribution in [3.05, 3.63) is 47.3 Å². The smallest absolute Gasteiger partial charge is 0.251 e. The van der Waals surface area contributed by atoms with Crippen LogP contribution < -0.4 is 20.7 Å². The lowest BCUT2D eigenvalue weighted by molar-refractivity contribution is 0.0954. The van der Waals surface area contributed by atoms with Crippen molar-refractivity contribution in [2.24, 2.45) is 4.99 Å². The summed E-state index contributed by atoms with van der Waals surface area (Å²) in [5.41, 5.74) is 2.79. The van der Waals surface area contributed by atoms with E-state index in [1.54, 1.807) is 32.4 Å². The molecule has 0 unspecified atom stereocenters. The number of aromatic nitrogens is 2. The third kappa shape index (κ3) is 6.61. The summed E-state index contributed by atoms with van der Waals surface area (Å²) in [7, 11) is 3.31. The van der Waals surface area contributed by atoms with Crippen LogP contribution in [0.4, 0.5) is 0 Å².